The van der Waals surface area contributed by atoms with Crippen molar-refractivity contribution in [3.8, 4) is 5.75 Å². The summed E-state index contributed by atoms with van der Waals surface area (Å²) >= 11 is 0. The largest absolute Gasteiger partial charge is 0.490 e. The van der Waals surface area contributed by atoms with E-state index in [0.717, 1.165) is 0 Å². The lowest BCUT2D eigenvalue weighted by molar-refractivity contribution is 0.0842. The highest BCUT2D eigenvalue weighted by atomic mass is 16.5. The molecule has 2 aromatic carbocycles. The molecule has 0 aromatic heterocycles. The van der Waals surface area contributed by atoms with Gasteiger partial charge in [-0.15, -0.1) is 0 Å². The van der Waals surface area contributed by atoms with Gasteiger partial charge in [0.15, 0.2) is 0 Å². The van der Waals surface area contributed by atoms with Gasteiger partial charge in [0.05, 0.1) is 12.2 Å². The van der Waals surface area contributed by atoms with Crippen molar-refractivity contribution >= 4 is 11.8 Å². The summed E-state index contributed by atoms with van der Waals surface area (Å²) in [5, 5.41) is 0. The van der Waals surface area contributed by atoms with Gasteiger partial charge in [-0.3, -0.25) is 20.4 Å². The topological polar surface area (TPSA) is 76.7 Å². The van der Waals surface area contributed by atoms with Gasteiger partial charge in [-0.05, 0) is 24.3 Å². The summed E-state index contributed by atoms with van der Waals surface area (Å²) in [6.45, 7) is 0.748. The molecule has 0 aliphatic rings. The van der Waals surface area contributed by atoms with Crippen LogP contribution in [0, 0.1) is 0 Å². The van der Waals surface area contributed by atoms with Crippen LogP contribution < -0.4 is 15.6 Å². The zero-order chi connectivity index (χ0) is 16.5. The molecule has 0 bridgehead atoms. The number of methoxy groups -OCH3 is 1. The zero-order valence-electron chi connectivity index (χ0n) is 12.7. The fourth-order valence-electron chi connectivity index (χ4n) is 1.86. The second-order valence-corrected chi connectivity index (χ2v) is 4.61. The van der Waals surface area contributed by atoms with Gasteiger partial charge >= 0.3 is 0 Å². The van der Waals surface area contributed by atoms with Crippen LogP contribution in [0.2, 0.25) is 0 Å². The Morgan fingerprint density at radius 3 is 2.26 bits per heavy atom. The van der Waals surface area contributed by atoms with Crippen molar-refractivity contribution in [3.05, 3.63) is 65.7 Å². The number of carbonyl (C=O) groups is 2. The van der Waals surface area contributed by atoms with E-state index in [1.54, 1.807) is 55.6 Å². The van der Waals surface area contributed by atoms with Crippen LogP contribution in [0.3, 0.4) is 0 Å². The summed E-state index contributed by atoms with van der Waals surface area (Å²) in [4.78, 5) is 24.1. The predicted octanol–water partition coefficient (Wildman–Crippen LogP) is 1.79. The number of hydrogen-bond donors (Lipinski definition) is 2. The normalized spacial score (nSPS) is 9.96. The maximum Gasteiger partial charge on any atom is 0.273 e. The molecule has 2 N–H and O–H groups in total. The minimum Gasteiger partial charge on any atom is -0.490 e. The molecule has 2 amide bonds. The summed E-state index contributed by atoms with van der Waals surface area (Å²) in [5.41, 5.74) is 5.54. The van der Waals surface area contributed by atoms with Gasteiger partial charge in [-0.1, -0.05) is 30.3 Å². The number of rotatable bonds is 6. The maximum absolute atomic E-state index is 12.2. The Morgan fingerprint density at radius 1 is 0.870 bits per heavy atom. The van der Waals surface area contributed by atoms with E-state index in [2.05, 4.69) is 10.9 Å². The van der Waals surface area contributed by atoms with Crippen molar-refractivity contribution < 1.29 is 19.1 Å². The Labute approximate surface area is 134 Å². The predicted molar refractivity (Wildman–Crippen MR) is 85.2 cm³/mol. The molecule has 0 heterocycles. The van der Waals surface area contributed by atoms with Crippen molar-refractivity contribution in [1.82, 2.24) is 10.9 Å². The first-order chi connectivity index (χ1) is 11.2. The zero-order valence-corrected chi connectivity index (χ0v) is 12.7. The Kier molecular flexibility index (Phi) is 6.14. The lowest BCUT2D eigenvalue weighted by Gasteiger charge is -2.12. The Balaban J connectivity index is 1.96. The van der Waals surface area contributed by atoms with E-state index in [4.69, 9.17) is 9.47 Å². The van der Waals surface area contributed by atoms with Crippen LogP contribution >= 0.6 is 0 Å². The minimum atomic E-state index is -0.456. The number of benzene rings is 2. The van der Waals surface area contributed by atoms with Gasteiger partial charge in [0, 0.05) is 12.7 Å². The van der Waals surface area contributed by atoms with E-state index < -0.39 is 11.8 Å². The SMILES string of the molecule is COCCOc1ccccc1C(=O)NNC(=O)c1ccccc1. The highest BCUT2D eigenvalue weighted by Gasteiger charge is 2.13. The molecule has 120 valence electrons. The average Bonchev–Trinajstić information content (AvgIpc) is 2.61. The smallest absolute Gasteiger partial charge is 0.273 e. The van der Waals surface area contributed by atoms with Crippen molar-refractivity contribution in [2.75, 3.05) is 20.3 Å². The molecule has 6 nitrogen and oxygen atoms in total. The van der Waals surface area contributed by atoms with Crippen LogP contribution in [0.5, 0.6) is 5.75 Å². The molecule has 0 saturated carbocycles. The van der Waals surface area contributed by atoms with E-state index in [0.29, 0.717) is 30.1 Å². The van der Waals surface area contributed by atoms with Gasteiger partial charge in [-0.25, -0.2) is 0 Å². The summed E-state index contributed by atoms with van der Waals surface area (Å²) in [5.74, 6) is -0.421. The van der Waals surface area contributed by atoms with Crippen LogP contribution in [0.25, 0.3) is 0 Å². The van der Waals surface area contributed by atoms with E-state index in [-0.39, 0.29) is 0 Å². The van der Waals surface area contributed by atoms with Crippen molar-refractivity contribution in [2.45, 2.75) is 0 Å². The molecule has 23 heavy (non-hydrogen) atoms. The molecule has 0 aliphatic heterocycles. The molecule has 0 fully saturated rings. The van der Waals surface area contributed by atoms with E-state index >= 15 is 0 Å². The van der Waals surface area contributed by atoms with Gasteiger partial charge in [0.2, 0.25) is 0 Å². The first-order valence-electron chi connectivity index (χ1n) is 7.09. The average molecular weight is 314 g/mol. The molecule has 0 aliphatic carbocycles. The van der Waals surface area contributed by atoms with E-state index in [1.165, 1.54) is 0 Å². The first kappa shape index (κ1) is 16.5. The number of nitrogens with one attached hydrogen (secondary N) is 2. The third kappa shape index (κ3) is 4.82. The van der Waals surface area contributed by atoms with Crippen molar-refractivity contribution in [1.29, 1.82) is 0 Å². The standard InChI is InChI=1S/C17H18N2O4/c1-22-11-12-23-15-10-6-5-9-14(15)17(21)19-18-16(20)13-7-3-2-4-8-13/h2-10H,11-12H2,1H3,(H,18,20)(H,19,21). The van der Waals surface area contributed by atoms with Crippen LogP contribution in [0.1, 0.15) is 20.7 Å². The fourth-order valence-corrected chi connectivity index (χ4v) is 1.86. The molecule has 2 rings (SSSR count). The maximum atomic E-state index is 12.2. The van der Waals surface area contributed by atoms with Gasteiger partial charge in [0.1, 0.15) is 12.4 Å². The summed E-state index contributed by atoms with van der Waals surface area (Å²) in [6, 6.07) is 15.4. The molecule has 0 atom stereocenters. The Bertz CT molecular complexity index is 659. The number of amides is 2. The molecule has 0 spiro atoms. The number of hydrazine groups is 1. The monoisotopic (exact) mass is 314 g/mol. The van der Waals surface area contributed by atoms with Crippen LogP contribution in [0.4, 0.5) is 0 Å². The Morgan fingerprint density at radius 2 is 1.52 bits per heavy atom. The second-order valence-electron chi connectivity index (χ2n) is 4.61. The minimum absolute atomic E-state index is 0.331. The molecular weight excluding hydrogens is 296 g/mol. The van der Waals surface area contributed by atoms with Gasteiger partial charge in [-0.2, -0.15) is 0 Å². The lowest BCUT2D eigenvalue weighted by Crippen LogP contribution is -2.41. The molecule has 0 unspecified atom stereocenters. The van der Waals surface area contributed by atoms with Crippen LogP contribution in [-0.4, -0.2) is 32.1 Å². The highest BCUT2D eigenvalue weighted by molar-refractivity contribution is 6.00. The number of ether oxygens (including phenoxy) is 2. The number of para-hydroxylation sites is 1. The van der Waals surface area contributed by atoms with Crippen molar-refractivity contribution in [2.24, 2.45) is 0 Å². The van der Waals surface area contributed by atoms with Gasteiger partial charge in [0.25, 0.3) is 11.8 Å². The highest BCUT2D eigenvalue weighted by Crippen LogP contribution is 2.17. The summed E-state index contributed by atoms with van der Waals surface area (Å²) < 4.78 is 10.4. The van der Waals surface area contributed by atoms with E-state index in [9.17, 15) is 9.59 Å². The van der Waals surface area contributed by atoms with E-state index in [1.807, 2.05) is 6.07 Å². The summed E-state index contributed by atoms with van der Waals surface area (Å²) in [7, 11) is 1.57. The third-order valence-corrected chi connectivity index (χ3v) is 3.00. The van der Waals surface area contributed by atoms with Crippen LogP contribution in [0.15, 0.2) is 54.6 Å². The fraction of sp³-hybridized carbons (Fsp3) is 0.176. The van der Waals surface area contributed by atoms with Crippen molar-refractivity contribution in [3.63, 3.8) is 0 Å². The molecule has 0 radical (unpaired) electrons. The molecule has 6 heteroatoms. The summed E-state index contributed by atoms with van der Waals surface area (Å²) in [6.07, 6.45) is 0. The number of hydrogen-bond acceptors (Lipinski definition) is 4. The third-order valence-electron chi connectivity index (χ3n) is 3.00. The first-order valence-corrected chi connectivity index (χ1v) is 7.09. The lowest BCUT2D eigenvalue weighted by atomic mass is 10.2. The molecular formula is C17H18N2O4. The van der Waals surface area contributed by atoms with Gasteiger partial charge < -0.3 is 9.47 Å². The Hall–Kier alpha value is -2.86. The quantitative estimate of drug-likeness (QED) is 0.629. The number of carbonyl (C=O) groups excluding carboxylic acids is 2. The molecule has 2 aromatic rings. The molecule has 0 saturated heterocycles. The second kappa shape index (κ2) is 8.55. The van der Waals surface area contributed by atoms with Crippen LogP contribution in [-0.2, 0) is 4.74 Å².